The summed E-state index contributed by atoms with van der Waals surface area (Å²) in [7, 11) is 0. The molecule has 0 saturated carbocycles. The molecule has 0 atom stereocenters. The number of fused-ring (bicyclic) bond motifs is 1. The van der Waals surface area contributed by atoms with Crippen molar-refractivity contribution in [2.24, 2.45) is 11.1 Å². The van der Waals surface area contributed by atoms with Gasteiger partial charge in [0.15, 0.2) is 0 Å². The number of anilines is 1. The molecule has 0 N–H and O–H groups in total. The topological polar surface area (TPSA) is 50.6 Å². The number of rotatable bonds is 2. The van der Waals surface area contributed by atoms with E-state index in [1.54, 1.807) is 6.20 Å². The summed E-state index contributed by atoms with van der Waals surface area (Å²) in [6, 6.07) is 5.66. The van der Waals surface area contributed by atoms with Crippen molar-refractivity contribution in [3.8, 4) is 0 Å². The van der Waals surface area contributed by atoms with Gasteiger partial charge in [-0.15, -0.1) is 0 Å². The first-order valence-electron chi connectivity index (χ1n) is 6.66. The summed E-state index contributed by atoms with van der Waals surface area (Å²) in [6.45, 7) is 2.59. The highest BCUT2D eigenvalue weighted by atomic mass is 35.5. The van der Waals surface area contributed by atoms with Gasteiger partial charge in [0.2, 0.25) is 0 Å². The van der Waals surface area contributed by atoms with E-state index in [1.807, 2.05) is 18.2 Å². The fraction of sp³-hybridized carbons (Fsp3) is 0.357. The van der Waals surface area contributed by atoms with Crippen molar-refractivity contribution in [1.82, 2.24) is 9.97 Å². The Labute approximate surface area is 121 Å². The van der Waals surface area contributed by atoms with Gasteiger partial charge in [0.25, 0.3) is 0 Å². The summed E-state index contributed by atoms with van der Waals surface area (Å²) >= 11 is 6.10. The zero-order valence-corrected chi connectivity index (χ0v) is 11.5. The molecule has 1 aromatic heterocycles. The van der Waals surface area contributed by atoms with E-state index in [0.29, 0.717) is 10.9 Å². The van der Waals surface area contributed by atoms with Crippen LogP contribution >= 0.6 is 11.6 Å². The van der Waals surface area contributed by atoms with Gasteiger partial charge >= 0.3 is 0 Å². The molecule has 0 bridgehead atoms. The summed E-state index contributed by atoms with van der Waals surface area (Å²) in [4.78, 5) is 16.3. The van der Waals surface area contributed by atoms with Gasteiger partial charge in [-0.2, -0.15) is 0 Å². The SMILES string of the molecule is Clc1cccc2nc(N3CC(C4=NOCC4)C3)cnc12. The highest BCUT2D eigenvalue weighted by Gasteiger charge is 2.33. The molecular weight excluding hydrogens is 276 g/mol. The molecule has 1 saturated heterocycles. The fourth-order valence-electron chi connectivity index (χ4n) is 2.63. The van der Waals surface area contributed by atoms with Gasteiger partial charge < -0.3 is 9.74 Å². The summed E-state index contributed by atoms with van der Waals surface area (Å²) < 4.78 is 0. The van der Waals surface area contributed by atoms with Crippen LogP contribution in [0.2, 0.25) is 5.02 Å². The lowest BCUT2D eigenvalue weighted by Gasteiger charge is -2.39. The maximum Gasteiger partial charge on any atom is 0.147 e. The van der Waals surface area contributed by atoms with Crippen LogP contribution < -0.4 is 4.90 Å². The van der Waals surface area contributed by atoms with Crippen molar-refractivity contribution in [2.45, 2.75) is 6.42 Å². The van der Waals surface area contributed by atoms with Crippen LogP contribution in [0.3, 0.4) is 0 Å². The molecule has 1 fully saturated rings. The number of para-hydroxylation sites is 1. The molecule has 5 nitrogen and oxygen atoms in total. The Morgan fingerprint density at radius 3 is 3.00 bits per heavy atom. The first-order chi connectivity index (χ1) is 9.81. The summed E-state index contributed by atoms with van der Waals surface area (Å²) in [6.07, 6.45) is 2.74. The molecule has 2 aromatic rings. The van der Waals surface area contributed by atoms with Crippen molar-refractivity contribution in [2.75, 3.05) is 24.6 Å². The number of hydrogen-bond acceptors (Lipinski definition) is 5. The van der Waals surface area contributed by atoms with Gasteiger partial charge in [0, 0.05) is 25.4 Å². The smallest absolute Gasteiger partial charge is 0.147 e. The van der Waals surface area contributed by atoms with E-state index in [2.05, 4.69) is 20.0 Å². The van der Waals surface area contributed by atoms with Crippen molar-refractivity contribution >= 4 is 34.2 Å². The van der Waals surface area contributed by atoms with E-state index in [1.165, 1.54) is 5.71 Å². The molecule has 2 aliphatic heterocycles. The molecule has 4 rings (SSSR count). The molecule has 102 valence electrons. The van der Waals surface area contributed by atoms with Crippen molar-refractivity contribution < 1.29 is 4.84 Å². The Hall–Kier alpha value is -1.88. The molecule has 0 spiro atoms. The largest absolute Gasteiger partial charge is 0.395 e. The molecule has 0 radical (unpaired) electrons. The van der Waals surface area contributed by atoms with E-state index < -0.39 is 0 Å². The van der Waals surface area contributed by atoms with Gasteiger partial charge in [-0.3, -0.25) is 0 Å². The molecule has 1 aromatic carbocycles. The Morgan fingerprint density at radius 1 is 1.30 bits per heavy atom. The second kappa shape index (κ2) is 4.59. The van der Waals surface area contributed by atoms with E-state index in [0.717, 1.165) is 43.0 Å². The van der Waals surface area contributed by atoms with Crippen LogP contribution in [-0.4, -0.2) is 35.4 Å². The third kappa shape index (κ3) is 1.89. The second-order valence-electron chi connectivity index (χ2n) is 5.10. The van der Waals surface area contributed by atoms with Gasteiger partial charge in [-0.05, 0) is 12.1 Å². The zero-order valence-electron chi connectivity index (χ0n) is 10.8. The average Bonchev–Trinajstić information content (AvgIpc) is 2.91. The maximum atomic E-state index is 6.10. The van der Waals surface area contributed by atoms with Crippen molar-refractivity contribution in [3.05, 3.63) is 29.4 Å². The minimum atomic E-state index is 0.495. The van der Waals surface area contributed by atoms with Crippen LogP contribution in [0, 0.1) is 5.92 Å². The predicted molar refractivity (Wildman–Crippen MR) is 78.3 cm³/mol. The molecule has 0 aliphatic carbocycles. The molecule has 2 aliphatic rings. The predicted octanol–water partition coefficient (Wildman–Crippen LogP) is 2.50. The minimum absolute atomic E-state index is 0.495. The fourth-order valence-corrected chi connectivity index (χ4v) is 2.85. The highest BCUT2D eigenvalue weighted by molar-refractivity contribution is 6.34. The van der Waals surface area contributed by atoms with Gasteiger partial charge in [-0.25, -0.2) is 9.97 Å². The Bertz CT molecular complexity index is 697. The Kier molecular flexibility index (Phi) is 2.73. The normalized spacial score (nSPS) is 18.9. The average molecular weight is 289 g/mol. The van der Waals surface area contributed by atoms with E-state index in [4.69, 9.17) is 16.4 Å². The lowest BCUT2D eigenvalue weighted by Crippen LogP contribution is -2.50. The lowest BCUT2D eigenvalue weighted by molar-refractivity contribution is 0.173. The standard InChI is InChI=1S/C14H13ClN4O/c15-10-2-1-3-12-14(10)16-6-13(17-12)19-7-9(8-19)11-4-5-20-18-11/h1-3,6,9H,4-5,7-8H2. The first kappa shape index (κ1) is 11.9. The van der Waals surface area contributed by atoms with E-state index >= 15 is 0 Å². The van der Waals surface area contributed by atoms with Gasteiger partial charge in [0.1, 0.15) is 17.9 Å². The van der Waals surface area contributed by atoms with Crippen LogP contribution in [0.1, 0.15) is 6.42 Å². The van der Waals surface area contributed by atoms with Gasteiger partial charge in [-0.1, -0.05) is 22.8 Å². The summed E-state index contributed by atoms with van der Waals surface area (Å²) in [5.41, 5.74) is 2.77. The van der Waals surface area contributed by atoms with Crippen LogP contribution in [0.4, 0.5) is 5.82 Å². The summed E-state index contributed by atoms with van der Waals surface area (Å²) in [5, 5.41) is 4.72. The number of benzene rings is 1. The third-order valence-corrected chi connectivity index (χ3v) is 4.12. The monoisotopic (exact) mass is 288 g/mol. The quantitative estimate of drug-likeness (QED) is 0.852. The molecule has 3 heterocycles. The Morgan fingerprint density at radius 2 is 2.20 bits per heavy atom. The van der Waals surface area contributed by atoms with Crippen LogP contribution in [0.25, 0.3) is 11.0 Å². The maximum absolute atomic E-state index is 6.10. The van der Waals surface area contributed by atoms with Crippen molar-refractivity contribution in [3.63, 3.8) is 0 Å². The Balaban J connectivity index is 1.55. The number of aromatic nitrogens is 2. The van der Waals surface area contributed by atoms with Crippen LogP contribution in [0.5, 0.6) is 0 Å². The van der Waals surface area contributed by atoms with Crippen molar-refractivity contribution in [1.29, 1.82) is 0 Å². The van der Waals surface area contributed by atoms with Gasteiger partial charge in [0.05, 0.1) is 22.4 Å². The first-order valence-corrected chi connectivity index (χ1v) is 7.04. The number of halogens is 1. The molecule has 6 heteroatoms. The minimum Gasteiger partial charge on any atom is -0.395 e. The lowest BCUT2D eigenvalue weighted by atomic mass is 9.93. The summed E-state index contributed by atoms with van der Waals surface area (Å²) in [5.74, 6) is 1.39. The van der Waals surface area contributed by atoms with Crippen LogP contribution in [0.15, 0.2) is 29.6 Å². The number of oxime groups is 1. The molecule has 0 amide bonds. The number of hydrogen-bond donors (Lipinski definition) is 0. The third-order valence-electron chi connectivity index (χ3n) is 3.82. The zero-order chi connectivity index (χ0) is 13.5. The van der Waals surface area contributed by atoms with Crippen LogP contribution in [-0.2, 0) is 4.84 Å². The highest BCUT2D eigenvalue weighted by Crippen LogP contribution is 2.28. The molecule has 20 heavy (non-hydrogen) atoms. The second-order valence-corrected chi connectivity index (χ2v) is 5.51. The molecule has 0 unspecified atom stereocenters. The van der Waals surface area contributed by atoms with E-state index in [-0.39, 0.29) is 0 Å². The molecular formula is C14H13ClN4O. The number of nitrogens with zero attached hydrogens (tertiary/aromatic N) is 4. The van der Waals surface area contributed by atoms with E-state index in [9.17, 15) is 0 Å².